The molecule has 4 heteroatoms. The number of benzene rings is 1. The van der Waals surface area contributed by atoms with Gasteiger partial charge in [0.25, 0.3) is 5.91 Å². The summed E-state index contributed by atoms with van der Waals surface area (Å²) in [4.78, 5) is 13.1. The van der Waals surface area contributed by atoms with Crippen LogP contribution in [-0.2, 0) is 0 Å². The lowest BCUT2D eigenvalue weighted by atomic mass is 9.49. The molecule has 1 aromatic rings. The zero-order valence-electron chi connectivity index (χ0n) is 20.1. The molecule has 3 saturated carbocycles. The van der Waals surface area contributed by atoms with E-state index in [2.05, 4.69) is 25.7 Å². The minimum absolute atomic E-state index is 0.00822. The Morgan fingerprint density at radius 2 is 1.91 bits per heavy atom. The van der Waals surface area contributed by atoms with E-state index in [1.807, 2.05) is 31.2 Å². The Morgan fingerprint density at radius 1 is 1.16 bits per heavy atom. The molecule has 0 heterocycles. The summed E-state index contributed by atoms with van der Waals surface area (Å²) >= 11 is 0. The fraction of sp³-hybridized carbons (Fsp3) is 0.679. The second-order valence-corrected chi connectivity index (χ2v) is 11.3. The number of fused-ring (bicyclic) bond motifs is 1. The Kier molecular flexibility index (Phi) is 6.57. The highest BCUT2D eigenvalue weighted by Gasteiger charge is 2.56. The fourth-order valence-electron chi connectivity index (χ4n) is 7.60. The quantitative estimate of drug-likeness (QED) is 0.573. The first-order chi connectivity index (χ1) is 15.2. The SMILES string of the molecule is C=C1CC[C@H]2[C@H](CNC(=O)c3ccccc3C)[C@@H]([C@]3(C)CC[C@H](O)C[C@@H]3CO)CC[C@]12C. The van der Waals surface area contributed by atoms with Crippen molar-refractivity contribution in [1.29, 1.82) is 0 Å². The number of rotatable bonds is 5. The number of aliphatic hydroxyl groups excluding tert-OH is 2. The van der Waals surface area contributed by atoms with Gasteiger partial charge in [0.15, 0.2) is 0 Å². The largest absolute Gasteiger partial charge is 0.396 e. The van der Waals surface area contributed by atoms with E-state index in [9.17, 15) is 15.0 Å². The summed E-state index contributed by atoms with van der Waals surface area (Å²) in [6.45, 7) is 11.9. The van der Waals surface area contributed by atoms with Crippen molar-refractivity contribution >= 4 is 5.91 Å². The predicted molar refractivity (Wildman–Crippen MR) is 128 cm³/mol. The van der Waals surface area contributed by atoms with Gasteiger partial charge in [-0.05, 0) is 98.0 Å². The van der Waals surface area contributed by atoms with Gasteiger partial charge in [-0.25, -0.2) is 0 Å². The third-order valence-corrected chi connectivity index (χ3v) is 9.85. The molecule has 1 aromatic carbocycles. The summed E-state index contributed by atoms with van der Waals surface area (Å²) in [6, 6.07) is 7.77. The molecule has 0 aliphatic heterocycles. The number of hydrogen-bond donors (Lipinski definition) is 3. The van der Waals surface area contributed by atoms with Crippen LogP contribution in [0.3, 0.4) is 0 Å². The van der Waals surface area contributed by atoms with Crippen LogP contribution in [0.5, 0.6) is 0 Å². The molecule has 3 aliphatic carbocycles. The van der Waals surface area contributed by atoms with E-state index in [-0.39, 0.29) is 35.4 Å². The maximum absolute atomic E-state index is 13.1. The molecule has 7 atom stereocenters. The van der Waals surface area contributed by atoms with Gasteiger partial charge < -0.3 is 15.5 Å². The molecule has 4 nitrogen and oxygen atoms in total. The number of allylic oxidation sites excluding steroid dienone is 1. The van der Waals surface area contributed by atoms with Crippen LogP contribution in [0.25, 0.3) is 0 Å². The van der Waals surface area contributed by atoms with E-state index in [1.54, 1.807) is 0 Å². The summed E-state index contributed by atoms with van der Waals surface area (Å²) in [5.41, 5.74) is 3.25. The number of aliphatic hydroxyl groups is 2. The zero-order chi connectivity index (χ0) is 23.1. The topological polar surface area (TPSA) is 69.6 Å². The maximum Gasteiger partial charge on any atom is 0.251 e. The average Bonchev–Trinajstić information content (AvgIpc) is 3.08. The highest BCUT2D eigenvalue weighted by Crippen LogP contribution is 2.63. The number of amides is 1. The molecule has 0 spiro atoms. The van der Waals surface area contributed by atoms with Crippen LogP contribution in [-0.4, -0.2) is 35.4 Å². The Labute approximate surface area is 193 Å². The van der Waals surface area contributed by atoms with Gasteiger partial charge in [-0.15, -0.1) is 0 Å². The predicted octanol–water partition coefficient (Wildman–Crippen LogP) is 4.88. The van der Waals surface area contributed by atoms with Crippen LogP contribution in [0.1, 0.15) is 74.7 Å². The van der Waals surface area contributed by atoms with Crippen LogP contribution in [0.2, 0.25) is 0 Å². The van der Waals surface area contributed by atoms with E-state index < -0.39 is 0 Å². The lowest BCUT2D eigenvalue weighted by Gasteiger charge is -2.56. The highest BCUT2D eigenvalue weighted by molar-refractivity contribution is 5.95. The van der Waals surface area contributed by atoms with Crippen LogP contribution in [0, 0.1) is 41.4 Å². The Bertz CT molecular complexity index is 866. The average molecular weight is 440 g/mol. The van der Waals surface area contributed by atoms with Gasteiger partial charge in [0.05, 0.1) is 6.10 Å². The molecule has 0 aromatic heterocycles. The van der Waals surface area contributed by atoms with Gasteiger partial charge >= 0.3 is 0 Å². The van der Waals surface area contributed by atoms with E-state index in [0.29, 0.717) is 30.7 Å². The van der Waals surface area contributed by atoms with Gasteiger partial charge in [0, 0.05) is 18.7 Å². The monoisotopic (exact) mass is 439 g/mol. The smallest absolute Gasteiger partial charge is 0.251 e. The molecule has 3 aliphatic rings. The zero-order valence-corrected chi connectivity index (χ0v) is 20.1. The molecule has 0 unspecified atom stereocenters. The molecule has 0 saturated heterocycles. The molecule has 1 amide bonds. The minimum Gasteiger partial charge on any atom is -0.396 e. The number of aryl methyl sites for hydroxylation is 1. The van der Waals surface area contributed by atoms with Crippen LogP contribution in [0.4, 0.5) is 0 Å². The van der Waals surface area contributed by atoms with E-state index >= 15 is 0 Å². The lowest BCUT2D eigenvalue weighted by Crippen LogP contribution is -2.53. The maximum atomic E-state index is 13.1. The van der Waals surface area contributed by atoms with Gasteiger partial charge in [-0.3, -0.25) is 4.79 Å². The molecule has 176 valence electrons. The molecule has 0 bridgehead atoms. The van der Waals surface area contributed by atoms with Gasteiger partial charge in [0.2, 0.25) is 0 Å². The number of carbonyl (C=O) groups excluding carboxylic acids is 1. The molecular formula is C28H41NO3. The van der Waals surface area contributed by atoms with Crippen molar-refractivity contribution in [2.24, 2.45) is 34.5 Å². The first-order valence-corrected chi connectivity index (χ1v) is 12.5. The van der Waals surface area contributed by atoms with Crippen molar-refractivity contribution in [3.8, 4) is 0 Å². The third kappa shape index (κ3) is 3.94. The lowest BCUT2D eigenvalue weighted by molar-refractivity contribution is -0.0928. The summed E-state index contributed by atoms with van der Waals surface area (Å²) in [7, 11) is 0. The van der Waals surface area contributed by atoms with Gasteiger partial charge in [0.1, 0.15) is 0 Å². The Hall–Kier alpha value is -1.65. The Balaban J connectivity index is 1.61. The first-order valence-electron chi connectivity index (χ1n) is 12.5. The van der Waals surface area contributed by atoms with Crippen molar-refractivity contribution < 1.29 is 15.0 Å². The molecule has 4 rings (SSSR count). The van der Waals surface area contributed by atoms with Crippen LogP contribution in [0.15, 0.2) is 36.4 Å². The second kappa shape index (κ2) is 8.95. The van der Waals surface area contributed by atoms with Gasteiger partial charge in [-0.2, -0.15) is 0 Å². The standard InChI is InChI=1S/C28H41NO3/c1-18-7-5-6-8-22(18)26(32)29-16-23-24-10-9-19(2)27(24,3)14-12-25(23)28(4)13-11-21(31)15-20(28)17-30/h5-8,20-21,23-25,30-31H,2,9-17H2,1,3-4H3,(H,29,32)/t20-,21+,23+,24+,25+,27-,28-/m1/s1. The first kappa shape index (κ1) is 23.5. The molecular weight excluding hydrogens is 398 g/mol. The number of hydrogen-bond acceptors (Lipinski definition) is 3. The minimum atomic E-state index is -0.306. The summed E-state index contributed by atoms with van der Waals surface area (Å²) in [5.74, 6) is 1.41. The van der Waals surface area contributed by atoms with E-state index in [0.717, 1.165) is 49.7 Å². The fourth-order valence-corrected chi connectivity index (χ4v) is 7.60. The van der Waals surface area contributed by atoms with Crippen LogP contribution < -0.4 is 5.32 Å². The molecule has 0 radical (unpaired) electrons. The van der Waals surface area contributed by atoms with Crippen molar-refractivity contribution in [2.45, 2.75) is 71.8 Å². The van der Waals surface area contributed by atoms with Crippen LogP contribution >= 0.6 is 0 Å². The summed E-state index contributed by atoms with van der Waals surface area (Å²) in [6.07, 6.45) is 6.57. The van der Waals surface area contributed by atoms with Crippen molar-refractivity contribution in [3.63, 3.8) is 0 Å². The normalized spacial score (nSPS) is 39.5. The highest BCUT2D eigenvalue weighted by atomic mass is 16.3. The summed E-state index contributed by atoms with van der Waals surface area (Å²) < 4.78 is 0. The van der Waals surface area contributed by atoms with E-state index in [4.69, 9.17) is 0 Å². The number of nitrogens with one attached hydrogen (secondary N) is 1. The van der Waals surface area contributed by atoms with Gasteiger partial charge in [-0.1, -0.05) is 44.2 Å². The Morgan fingerprint density at radius 3 is 2.62 bits per heavy atom. The number of carbonyl (C=O) groups is 1. The third-order valence-electron chi connectivity index (χ3n) is 9.85. The van der Waals surface area contributed by atoms with Crippen molar-refractivity contribution in [3.05, 3.63) is 47.5 Å². The summed E-state index contributed by atoms with van der Waals surface area (Å²) in [5, 5.41) is 23.8. The second-order valence-electron chi connectivity index (χ2n) is 11.3. The molecule has 3 N–H and O–H groups in total. The van der Waals surface area contributed by atoms with Crippen molar-refractivity contribution in [1.82, 2.24) is 5.32 Å². The van der Waals surface area contributed by atoms with Crippen molar-refractivity contribution in [2.75, 3.05) is 13.2 Å². The molecule has 3 fully saturated rings. The molecule has 32 heavy (non-hydrogen) atoms. The van der Waals surface area contributed by atoms with E-state index in [1.165, 1.54) is 5.57 Å².